The van der Waals surface area contributed by atoms with Gasteiger partial charge in [-0.2, -0.15) is 0 Å². The van der Waals surface area contributed by atoms with Crippen molar-refractivity contribution in [2.24, 2.45) is 0 Å². The van der Waals surface area contributed by atoms with Crippen LogP contribution in [0.25, 0.3) is 10.9 Å². The maximum absolute atomic E-state index is 13.3. The number of hydrogen-bond acceptors (Lipinski definition) is 7. The molecule has 0 spiro atoms. The molecule has 2 aliphatic heterocycles. The molecular formula is C28H30N6O2. The lowest BCUT2D eigenvalue weighted by atomic mass is 10.1. The van der Waals surface area contributed by atoms with E-state index in [1.807, 2.05) is 42.5 Å². The van der Waals surface area contributed by atoms with Crippen molar-refractivity contribution in [1.82, 2.24) is 19.8 Å². The molecule has 3 aromatic rings. The molecule has 1 N–H and O–H groups in total. The van der Waals surface area contributed by atoms with E-state index in [-0.39, 0.29) is 5.91 Å². The van der Waals surface area contributed by atoms with Crippen LogP contribution in [0, 0.1) is 12.3 Å². The Morgan fingerprint density at radius 1 is 1.17 bits per heavy atom. The maximum Gasteiger partial charge on any atom is 0.250 e. The number of nitrogens with one attached hydrogen (secondary N) is 1. The van der Waals surface area contributed by atoms with Crippen LogP contribution in [0.5, 0.6) is 5.75 Å². The van der Waals surface area contributed by atoms with E-state index in [2.05, 4.69) is 38.1 Å². The van der Waals surface area contributed by atoms with Gasteiger partial charge in [0.25, 0.3) is 5.91 Å². The van der Waals surface area contributed by atoms with Gasteiger partial charge in [-0.1, -0.05) is 18.1 Å². The van der Waals surface area contributed by atoms with Gasteiger partial charge in [-0.15, -0.1) is 6.42 Å². The van der Waals surface area contributed by atoms with Crippen molar-refractivity contribution in [1.29, 1.82) is 0 Å². The first kappa shape index (κ1) is 23.8. The number of anilines is 3. The zero-order chi connectivity index (χ0) is 24.9. The van der Waals surface area contributed by atoms with E-state index in [9.17, 15) is 4.79 Å². The SMILES string of the molecule is C#Cc1cccc(Nc2ncnc3cc4c(cc23)N(C(=O)C=CCN2CCN(C)CC2)CCCO4)c1. The molecule has 0 aliphatic carbocycles. The predicted octanol–water partition coefficient (Wildman–Crippen LogP) is 3.27. The monoisotopic (exact) mass is 482 g/mol. The number of fused-ring (bicyclic) bond motifs is 2. The van der Waals surface area contributed by atoms with Gasteiger partial charge < -0.3 is 19.9 Å². The van der Waals surface area contributed by atoms with Crippen molar-refractivity contribution in [2.45, 2.75) is 6.42 Å². The van der Waals surface area contributed by atoms with Crippen molar-refractivity contribution >= 4 is 34.0 Å². The van der Waals surface area contributed by atoms with Gasteiger partial charge in [0.2, 0.25) is 0 Å². The van der Waals surface area contributed by atoms with Crippen LogP contribution in [0.2, 0.25) is 0 Å². The molecule has 2 aliphatic rings. The fourth-order valence-corrected chi connectivity index (χ4v) is 4.50. The van der Waals surface area contributed by atoms with Gasteiger partial charge >= 0.3 is 0 Å². The van der Waals surface area contributed by atoms with Crippen molar-refractivity contribution in [3.63, 3.8) is 0 Å². The molecule has 0 radical (unpaired) electrons. The molecule has 1 fully saturated rings. The Labute approximate surface area is 211 Å². The minimum absolute atomic E-state index is 0.0525. The summed E-state index contributed by atoms with van der Waals surface area (Å²) in [6.07, 6.45) is 11.5. The van der Waals surface area contributed by atoms with Crippen LogP contribution in [0.4, 0.5) is 17.2 Å². The Kier molecular flexibility index (Phi) is 7.12. The Hall–Kier alpha value is -3.93. The lowest BCUT2D eigenvalue weighted by Gasteiger charge is -2.31. The number of amides is 1. The smallest absolute Gasteiger partial charge is 0.250 e. The summed E-state index contributed by atoms with van der Waals surface area (Å²) >= 11 is 0. The van der Waals surface area contributed by atoms with E-state index in [1.54, 1.807) is 11.0 Å². The third-order valence-electron chi connectivity index (χ3n) is 6.57. The lowest BCUT2D eigenvalue weighted by molar-refractivity contribution is -0.114. The highest BCUT2D eigenvalue weighted by Crippen LogP contribution is 2.37. The number of aromatic nitrogens is 2. The normalized spacial score (nSPS) is 16.8. The Bertz CT molecular complexity index is 1320. The summed E-state index contributed by atoms with van der Waals surface area (Å²) in [5.74, 6) is 3.89. The molecule has 1 aromatic heterocycles. The second kappa shape index (κ2) is 10.8. The van der Waals surface area contributed by atoms with Gasteiger partial charge in [-0.05, 0) is 37.7 Å². The van der Waals surface area contributed by atoms with Gasteiger partial charge in [0.15, 0.2) is 0 Å². The summed E-state index contributed by atoms with van der Waals surface area (Å²) in [5.41, 5.74) is 3.07. The minimum Gasteiger partial charge on any atom is -0.491 e. The number of terminal acetylenes is 1. The molecule has 36 heavy (non-hydrogen) atoms. The van der Waals surface area contributed by atoms with Crippen molar-refractivity contribution < 1.29 is 9.53 Å². The number of benzene rings is 2. The number of ether oxygens (including phenoxy) is 1. The molecular weight excluding hydrogens is 452 g/mol. The average molecular weight is 483 g/mol. The number of nitrogens with zero attached hydrogens (tertiary/aromatic N) is 5. The van der Waals surface area contributed by atoms with E-state index in [1.165, 1.54) is 6.33 Å². The van der Waals surface area contributed by atoms with Gasteiger partial charge in [0, 0.05) is 68.0 Å². The van der Waals surface area contributed by atoms with Crippen molar-refractivity contribution in [3.8, 4) is 18.1 Å². The first-order chi connectivity index (χ1) is 17.6. The summed E-state index contributed by atoms with van der Waals surface area (Å²) in [5, 5.41) is 4.15. The summed E-state index contributed by atoms with van der Waals surface area (Å²) in [7, 11) is 2.14. The molecule has 0 saturated carbocycles. The van der Waals surface area contributed by atoms with Gasteiger partial charge in [0.1, 0.15) is 17.9 Å². The topological polar surface area (TPSA) is 73.8 Å². The van der Waals surface area contributed by atoms with Crippen LogP contribution in [0.1, 0.15) is 12.0 Å². The number of rotatable bonds is 5. The predicted molar refractivity (Wildman–Crippen MR) is 143 cm³/mol. The largest absolute Gasteiger partial charge is 0.491 e. The van der Waals surface area contributed by atoms with Crippen molar-refractivity contribution in [3.05, 3.63) is 60.4 Å². The van der Waals surface area contributed by atoms with Crippen LogP contribution >= 0.6 is 0 Å². The van der Waals surface area contributed by atoms with E-state index in [0.717, 1.165) is 67.0 Å². The van der Waals surface area contributed by atoms with E-state index >= 15 is 0 Å². The van der Waals surface area contributed by atoms with Crippen LogP contribution in [0.15, 0.2) is 54.9 Å². The number of carbonyl (C=O) groups excluding carboxylic acids is 1. The second-order valence-corrected chi connectivity index (χ2v) is 9.11. The fraction of sp³-hybridized carbons (Fsp3) is 0.321. The molecule has 1 saturated heterocycles. The Balaban J connectivity index is 1.41. The highest BCUT2D eigenvalue weighted by atomic mass is 16.5. The summed E-state index contributed by atoms with van der Waals surface area (Å²) < 4.78 is 6.00. The molecule has 8 nitrogen and oxygen atoms in total. The van der Waals surface area contributed by atoms with Gasteiger partial charge in [0.05, 0.1) is 17.8 Å². The lowest BCUT2D eigenvalue weighted by Crippen LogP contribution is -2.44. The Morgan fingerprint density at radius 3 is 2.86 bits per heavy atom. The van der Waals surface area contributed by atoms with E-state index < -0.39 is 0 Å². The molecule has 184 valence electrons. The molecule has 0 bridgehead atoms. The van der Waals surface area contributed by atoms with Crippen molar-refractivity contribution in [2.75, 3.05) is 63.1 Å². The first-order valence-corrected chi connectivity index (χ1v) is 12.2. The average Bonchev–Trinajstić information content (AvgIpc) is 3.11. The van der Waals surface area contributed by atoms with Crippen LogP contribution in [-0.2, 0) is 4.79 Å². The highest BCUT2D eigenvalue weighted by molar-refractivity contribution is 6.05. The quantitative estimate of drug-likeness (QED) is 0.442. The second-order valence-electron chi connectivity index (χ2n) is 9.11. The third kappa shape index (κ3) is 5.33. The fourth-order valence-electron chi connectivity index (χ4n) is 4.50. The summed E-state index contributed by atoms with van der Waals surface area (Å²) in [6.45, 7) is 6.03. The molecule has 0 unspecified atom stereocenters. The molecule has 2 aromatic carbocycles. The minimum atomic E-state index is -0.0525. The van der Waals surface area contributed by atoms with Crippen LogP contribution in [-0.4, -0.2) is 78.6 Å². The summed E-state index contributed by atoms with van der Waals surface area (Å²) in [6, 6.07) is 11.4. The van der Waals surface area contributed by atoms with Crippen LogP contribution < -0.4 is 15.0 Å². The van der Waals surface area contributed by atoms with Gasteiger partial charge in [-0.25, -0.2) is 9.97 Å². The maximum atomic E-state index is 13.3. The van der Waals surface area contributed by atoms with Crippen LogP contribution in [0.3, 0.4) is 0 Å². The Morgan fingerprint density at radius 2 is 2.03 bits per heavy atom. The third-order valence-corrected chi connectivity index (χ3v) is 6.57. The number of likely N-dealkylation sites (N-methyl/N-ethyl adjacent to an activating group) is 1. The standard InChI is InChI=1S/C28H30N6O2/c1-3-21-7-4-8-22(17-21)31-28-23-18-25-26(19-24(23)29-20-30-28)36-16-6-11-34(25)27(35)9-5-10-33-14-12-32(2)13-15-33/h1,4-5,7-9,17-20H,6,10-16H2,2H3,(H,29,30,31). The summed E-state index contributed by atoms with van der Waals surface area (Å²) in [4.78, 5) is 28.7. The molecule has 0 atom stereocenters. The molecule has 5 rings (SSSR count). The van der Waals surface area contributed by atoms with E-state index in [0.29, 0.717) is 24.7 Å². The number of piperazine rings is 1. The van der Waals surface area contributed by atoms with E-state index in [4.69, 9.17) is 11.2 Å². The number of hydrogen-bond donors (Lipinski definition) is 1. The number of carbonyl (C=O) groups is 1. The molecule has 8 heteroatoms. The zero-order valence-electron chi connectivity index (χ0n) is 20.5. The van der Waals surface area contributed by atoms with Gasteiger partial charge in [-0.3, -0.25) is 9.69 Å². The first-order valence-electron chi connectivity index (χ1n) is 12.2. The molecule has 1 amide bonds. The zero-order valence-corrected chi connectivity index (χ0v) is 20.5. The molecule has 3 heterocycles. The highest BCUT2D eigenvalue weighted by Gasteiger charge is 2.23.